The maximum absolute atomic E-state index is 5.34. The van der Waals surface area contributed by atoms with Crippen LogP contribution in [-0.2, 0) is 11.3 Å². The molecule has 1 fully saturated rings. The van der Waals surface area contributed by atoms with Crippen molar-refractivity contribution in [3.8, 4) is 0 Å². The summed E-state index contributed by atoms with van der Waals surface area (Å²) in [6.07, 6.45) is 10.4. The summed E-state index contributed by atoms with van der Waals surface area (Å²) in [7, 11) is 0. The van der Waals surface area contributed by atoms with E-state index in [4.69, 9.17) is 4.74 Å². The Kier molecular flexibility index (Phi) is 5.25. The summed E-state index contributed by atoms with van der Waals surface area (Å²) in [6.45, 7) is 8.06. The Morgan fingerprint density at radius 3 is 2.95 bits per heavy atom. The lowest BCUT2D eigenvalue weighted by molar-refractivity contribution is 0.147. The van der Waals surface area contributed by atoms with Crippen LogP contribution in [-0.4, -0.2) is 29.3 Å². The Morgan fingerprint density at radius 2 is 2.21 bits per heavy atom. The molecular weight excluding hydrogens is 238 g/mol. The molecule has 19 heavy (non-hydrogen) atoms. The molecule has 4 nitrogen and oxygen atoms in total. The van der Waals surface area contributed by atoms with Gasteiger partial charge in [-0.2, -0.15) is 0 Å². The van der Waals surface area contributed by atoms with Crippen LogP contribution in [0.25, 0.3) is 0 Å². The zero-order chi connectivity index (χ0) is 13.6. The highest BCUT2D eigenvalue weighted by Gasteiger charge is 2.29. The predicted octanol–water partition coefficient (Wildman–Crippen LogP) is 3.30. The molecule has 2 rings (SSSR count). The Morgan fingerprint density at radius 1 is 1.42 bits per heavy atom. The zero-order valence-corrected chi connectivity index (χ0v) is 12.3. The summed E-state index contributed by atoms with van der Waals surface area (Å²) in [5.74, 6) is 1.00. The van der Waals surface area contributed by atoms with Crippen molar-refractivity contribution < 1.29 is 4.74 Å². The predicted molar refractivity (Wildman–Crippen MR) is 78.4 cm³/mol. The van der Waals surface area contributed by atoms with Crippen molar-refractivity contribution in [3.63, 3.8) is 0 Å². The number of aromatic nitrogens is 2. The van der Waals surface area contributed by atoms with E-state index in [1.807, 2.05) is 13.1 Å². The summed E-state index contributed by atoms with van der Waals surface area (Å²) in [5, 5.41) is 3.42. The second-order valence-corrected chi connectivity index (χ2v) is 5.87. The van der Waals surface area contributed by atoms with Crippen LogP contribution in [0.2, 0.25) is 0 Å². The van der Waals surface area contributed by atoms with E-state index >= 15 is 0 Å². The van der Waals surface area contributed by atoms with Gasteiger partial charge in [-0.25, -0.2) is 4.98 Å². The molecular formula is C15H27N3O. The highest BCUT2D eigenvalue weighted by atomic mass is 16.5. The van der Waals surface area contributed by atoms with Gasteiger partial charge in [0, 0.05) is 38.7 Å². The third-order valence-corrected chi connectivity index (χ3v) is 4.03. The Balaban J connectivity index is 1.80. The number of anilines is 1. The van der Waals surface area contributed by atoms with Gasteiger partial charge in [-0.1, -0.05) is 19.8 Å². The van der Waals surface area contributed by atoms with E-state index in [9.17, 15) is 0 Å². The maximum Gasteiger partial charge on any atom is 0.202 e. The van der Waals surface area contributed by atoms with Crippen molar-refractivity contribution in [2.75, 3.05) is 25.1 Å². The first-order valence-electron chi connectivity index (χ1n) is 7.56. The second kappa shape index (κ2) is 6.94. The van der Waals surface area contributed by atoms with Gasteiger partial charge in [0.05, 0.1) is 0 Å². The molecule has 0 aliphatic heterocycles. The molecule has 0 saturated heterocycles. The first-order chi connectivity index (χ1) is 9.23. The molecule has 0 spiro atoms. The number of hydrogen-bond donors (Lipinski definition) is 1. The van der Waals surface area contributed by atoms with Crippen molar-refractivity contribution in [2.45, 2.75) is 52.5 Å². The minimum Gasteiger partial charge on any atom is -0.382 e. The van der Waals surface area contributed by atoms with Crippen molar-refractivity contribution >= 4 is 5.95 Å². The van der Waals surface area contributed by atoms with Gasteiger partial charge in [-0.15, -0.1) is 0 Å². The van der Waals surface area contributed by atoms with Crippen LogP contribution in [0, 0.1) is 5.41 Å². The van der Waals surface area contributed by atoms with Gasteiger partial charge in [0.2, 0.25) is 5.95 Å². The van der Waals surface area contributed by atoms with Gasteiger partial charge in [0.15, 0.2) is 0 Å². The number of imidazole rings is 1. The number of rotatable bonds is 8. The summed E-state index contributed by atoms with van der Waals surface area (Å²) in [6, 6.07) is 0. The van der Waals surface area contributed by atoms with Crippen LogP contribution in [0.4, 0.5) is 5.95 Å². The van der Waals surface area contributed by atoms with Crippen LogP contribution in [0.15, 0.2) is 12.4 Å². The van der Waals surface area contributed by atoms with Gasteiger partial charge >= 0.3 is 0 Å². The first-order valence-corrected chi connectivity index (χ1v) is 7.56. The quantitative estimate of drug-likeness (QED) is 0.733. The molecule has 0 amide bonds. The van der Waals surface area contributed by atoms with Crippen molar-refractivity contribution in [1.82, 2.24) is 9.55 Å². The average molecular weight is 265 g/mol. The van der Waals surface area contributed by atoms with Crippen LogP contribution in [0.3, 0.4) is 0 Å². The SMILES string of the molecule is CCOCCCNc1nccn1CC1(C)CCCC1. The Hall–Kier alpha value is -1.03. The normalized spacial score (nSPS) is 17.8. The lowest BCUT2D eigenvalue weighted by Crippen LogP contribution is -2.21. The number of ether oxygens (including phenoxy) is 1. The molecule has 4 heteroatoms. The molecule has 0 unspecified atom stereocenters. The van der Waals surface area contributed by atoms with E-state index in [1.54, 1.807) is 0 Å². The molecule has 1 aromatic rings. The molecule has 1 N–H and O–H groups in total. The smallest absolute Gasteiger partial charge is 0.202 e. The summed E-state index contributed by atoms with van der Waals surface area (Å²) < 4.78 is 7.61. The van der Waals surface area contributed by atoms with E-state index in [0.29, 0.717) is 5.41 Å². The summed E-state index contributed by atoms with van der Waals surface area (Å²) >= 11 is 0. The third-order valence-electron chi connectivity index (χ3n) is 4.03. The van der Waals surface area contributed by atoms with E-state index in [-0.39, 0.29) is 0 Å². The number of hydrogen-bond acceptors (Lipinski definition) is 3. The maximum atomic E-state index is 5.34. The summed E-state index contributed by atoms with van der Waals surface area (Å²) in [4.78, 5) is 4.42. The van der Waals surface area contributed by atoms with Gasteiger partial charge < -0.3 is 14.6 Å². The summed E-state index contributed by atoms with van der Waals surface area (Å²) in [5.41, 5.74) is 0.461. The van der Waals surface area contributed by atoms with E-state index in [1.165, 1.54) is 25.7 Å². The van der Waals surface area contributed by atoms with Gasteiger partial charge in [0.25, 0.3) is 0 Å². The molecule has 0 atom stereocenters. The standard InChI is InChI=1S/C15H27N3O/c1-3-19-12-6-9-16-14-17-10-11-18(14)13-15(2)7-4-5-8-15/h10-11H,3-9,12-13H2,1-2H3,(H,16,17). The number of nitrogens with one attached hydrogen (secondary N) is 1. The average Bonchev–Trinajstić information content (AvgIpc) is 3.00. The Bertz CT molecular complexity index is 369. The van der Waals surface area contributed by atoms with E-state index in [2.05, 4.69) is 28.0 Å². The zero-order valence-electron chi connectivity index (χ0n) is 12.3. The minimum absolute atomic E-state index is 0.461. The first kappa shape index (κ1) is 14.4. The fraction of sp³-hybridized carbons (Fsp3) is 0.800. The molecule has 0 radical (unpaired) electrons. The van der Waals surface area contributed by atoms with Crippen LogP contribution >= 0.6 is 0 Å². The minimum atomic E-state index is 0.461. The van der Waals surface area contributed by atoms with Gasteiger partial charge in [-0.3, -0.25) is 0 Å². The molecule has 0 bridgehead atoms. The lowest BCUT2D eigenvalue weighted by atomic mass is 9.89. The van der Waals surface area contributed by atoms with Crippen LogP contribution in [0.5, 0.6) is 0 Å². The largest absolute Gasteiger partial charge is 0.382 e. The van der Waals surface area contributed by atoms with E-state index < -0.39 is 0 Å². The fourth-order valence-electron chi connectivity index (χ4n) is 2.92. The Labute approximate surface area is 116 Å². The monoisotopic (exact) mass is 265 g/mol. The number of nitrogens with zero attached hydrogens (tertiary/aromatic N) is 2. The van der Waals surface area contributed by atoms with Crippen molar-refractivity contribution in [2.24, 2.45) is 5.41 Å². The highest BCUT2D eigenvalue weighted by molar-refractivity contribution is 5.25. The van der Waals surface area contributed by atoms with Crippen molar-refractivity contribution in [3.05, 3.63) is 12.4 Å². The molecule has 108 valence electrons. The van der Waals surface area contributed by atoms with E-state index in [0.717, 1.165) is 38.7 Å². The molecule has 1 aliphatic carbocycles. The van der Waals surface area contributed by atoms with Gasteiger partial charge in [0.1, 0.15) is 0 Å². The molecule has 0 aromatic carbocycles. The molecule has 1 heterocycles. The highest BCUT2D eigenvalue weighted by Crippen LogP contribution is 2.39. The van der Waals surface area contributed by atoms with Crippen molar-refractivity contribution in [1.29, 1.82) is 0 Å². The van der Waals surface area contributed by atoms with Crippen LogP contribution in [0.1, 0.15) is 46.0 Å². The second-order valence-electron chi connectivity index (χ2n) is 5.87. The molecule has 1 saturated carbocycles. The molecule has 1 aromatic heterocycles. The molecule has 1 aliphatic rings. The topological polar surface area (TPSA) is 39.1 Å². The lowest BCUT2D eigenvalue weighted by Gasteiger charge is -2.25. The van der Waals surface area contributed by atoms with Crippen LogP contribution < -0.4 is 5.32 Å². The third kappa shape index (κ3) is 4.23. The fourth-order valence-corrected chi connectivity index (χ4v) is 2.92. The van der Waals surface area contributed by atoms with Gasteiger partial charge in [-0.05, 0) is 31.6 Å².